The number of carbonyl (C=O) groups is 2. The molecule has 2 amide bonds. The predicted octanol–water partition coefficient (Wildman–Crippen LogP) is 4.22. The quantitative estimate of drug-likeness (QED) is 0.334. The molecule has 0 aromatic carbocycles. The third-order valence-corrected chi connectivity index (χ3v) is 8.65. The third kappa shape index (κ3) is 5.11. The van der Waals surface area contributed by atoms with Gasteiger partial charge in [-0.05, 0) is 37.7 Å². The number of fused-ring (bicyclic) bond motifs is 1. The van der Waals surface area contributed by atoms with E-state index in [9.17, 15) is 27.2 Å². The lowest BCUT2D eigenvalue weighted by Crippen LogP contribution is -2.29. The predicted molar refractivity (Wildman–Crippen MR) is 134 cm³/mol. The average molecular weight is 567 g/mol. The van der Waals surface area contributed by atoms with Gasteiger partial charge in [0.15, 0.2) is 0 Å². The largest absolute Gasteiger partial charge is 0.351 e. The van der Waals surface area contributed by atoms with Crippen LogP contribution >= 0.6 is 11.3 Å². The lowest BCUT2D eigenvalue weighted by Gasteiger charge is -2.25. The van der Waals surface area contributed by atoms with Gasteiger partial charge in [0.25, 0.3) is 18.3 Å². The van der Waals surface area contributed by atoms with Crippen molar-refractivity contribution in [3.63, 3.8) is 0 Å². The van der Waals surface area contributed by atoms with Crippen LogP contribution in [0.1, 0.15) is 64.6 Å². The summed E-state index contributed by atoms with van der Waals surface area (Å²) in [5.41, 5.74) is 0.697. The van der Waals surface area contributed by atoms with Gasteiger partial charge in [-0.1, -0.05) is 0 Å². The first kappa shape index (κ1) is 25.8. The Kier molecular flexibility index (Phi) is 6.35. The second-order valence-corrected chi connectivity index (χ2v) is 11.4. The summed E-state index contributed by atoms with van der Waals surface area (Å²) in [7, 11) is 1.53. The number of rotatable bonds is 9. The lowest BCUT2D eigenvalue weighted by atomic mass is 9.91. The highest BCUT2D eigenvalue weighted by atomic mass is 32.1. The number of nitrogens with one attached hydrogen (secondary N) is 3. The number of carbonyl (C=O) groups excluding carboxylic acids is 2. The standard InChI is InChI=1S/C24H26F4N8O2S/c1-35-17(7-15(34-35)19(25)26)31-23-33-30-10-36(23)13-4-5-16-14(6-13)18(21(38)29-9-12-8-24(12,27)28)22(39-16)32-20(37)11-2-3-11/h7,10-13,19H,2-6,8-9H2,1H3,(H,29,38)(H,31,33)(H,32,37)/t12?,13-/m0/s1. The van der Waals surface area contributed by atoms with Crippen LogP contribution in [0.15, 0.2) is 12.4 Å². The van der Waals surface area contributed by atoms with E-state index in [0.717, 1.165) is 23.3 Å². The number of thiophene rings is 1. The van der Waals surface area contributed by atoms with Crippen molar-refractivity contribution in [3.8, 4) is 0 Å². The molecule has 2 atom stereocenters. The fourth-order valence-corrected chi connectivity index (χ4v) is 6.16. The van der Waals surface area contributed by atoms with Gasteiger partial charge in [0, 0.05) is 48.8 Å². The van der Waals surface area contributed by atoms with E-state index in [0.29, 0.717) is 41.6 Å². The number of aromatic nitrogens is 5. The molecule has 0 spiro atoms. The number of hydrogen-bond acceptors (Lipinski definition) is 7. The molecule has 10 nitrogen and oxygen atoms in total. The van der Waals surface area contributed by atoms with Gasteiger partial charge in [0.05, 0.1) is 5.56 Å². The second kappa shape index (κ2) is 9.61. The molecule has 3 aliphatic rings. The van der Waals surface area contributed by atoms with E-state index in [2.05, 4.69) is 31.2 Å². The molecule has 3 aliphatic carbocycles. The Hall–Kier alpha value is -3.49. The third-order valence-electron chi connectivity index (χ3n) is 7.44. The number of amides is 2. The van der Waals surface area contributed by atoms with Crippen LogP contribution in [0.2, 0.25) is 0 Å². The van der Waals surface area contributed by atoms with Gasteiger partial charge in [-0.25, -0.2) is 17.6 Å². The molecule has 3 heterocycles. The molecule has 3 aromatic rings. The monoisotopic (exact) mass is 566 g/mol. The highest BCUT2D eigenvalue weighted by molar-refractivity contribution is 7.17. The minimum Gasteiger partial charge on any atom is -0.351 e. The maximum absolute atomic E-state index is 13.4. The van der Waals surface area contributed by atoms with E-state index in [1.807, 2.05) is 0 Å². The van der Waals surface area contributed by atoms with Crippen LogP contribution in [0.3, 0.4) is 0 Å². The van der Waals surface area contributed by atoms with Crippen molar-refractivity contribution in [2.75, 3.05) is 17.2 Å². The fraction of sp³-hybridized carbons (Fsp3) is 0.542. The maximum atomic E-state index is 13.4. The zero-order chi connectivity index (χ0) is 27.5. The van der Waals surface area contributed by atoms with Crippen molar-refractivity contribution in [3.05, 3.63) is 34.1 Å². The highest BCUT2D eigenvalue weighted by Gasteiger charge is 2.56. The van der Waals surface area contributed by atoms with Crippen LogP contribution in [-0.2, 0) is 24.7 Å². The van der Waals surface area contributed by atoms with Crippen LogP contribution in [0.25, 0.3) is 0 Å². The Balaban J connectivity index is 1.25. The van der Waals surface area contributed by atoms with Crippen LogP contribution in [0.5, 0.6) is 0 Å². The van der Waals surface area contributed by atoms with Crippen LogP contribution in [0.4, 0.5) is 34.3 Å². The number of aryl methyl sites for hydroxylation is 2. The summed E-state index contributed by atoms with van der Waals surface area (Å²) in [5.74, 6) is -3.69. The SMILES string of the molecule is Cn1nc(C(F)F)cc1Nc1nncn1[C@H]1CCc2sc(NC(=O)C3CC3)c(C(=O)NCC3CC3(F)F)c2C1. The average Bonchev–Trinajstić information content (AvgIpc) is 3.67. The molecule has 208 valence electrons. The number of hydrogen-bond donors (Lipinski definition) is 3. The molecule has 3 aromatic heterocycles. The number of anilines is 3. The zero-order valence-corrected chi connectivity index (χ0v) is 21.7. The van der Waals surface area contributed by atoms with Crippen molar-refractivity contribution >= 4 is 39.9 Å². The molecular weight excluding hydrogens is 540 g/mol. The van der Waals surface area contributed by atoms with Crippen molar-refractivity contribution < 1.29 is 27.2 Å². The summed E-state index contributed by atoms with van der Waals surface area (Å²) in [5, 5.41) is 20.9. The Morgan fingerprint density at radius 3 is 2.69 bits per heavy atom. The first-order chi connectivity index (χ1) is 18.6. The van der Waals surface area contributed by atoms with Gasteiger partial charge in [-0.2, -0.15) is 5.10 Å². The minimum absolute atomic E-state index is 0.0683. The summed E-state index contributed by atoms with van der Waals surface area (Å²) < 4.78 is 56.1. The Morgan fingerprint density at radius 1 is 1.26 bits per heavy atom. The topological polar surface area (TPSA) is 119 Å². The summed E-state index contributed by atoms with van der Waals surface area (Å²) >= 11 is 1.35. The minimum atomic E-state index is -2.75. The van der Waals surface area contributed by atoms with Crippen LogP contribution < -0.4 is 16.0 Å². The van der Waals surface area contributed by atoms with Crippen molar-refractivity contribution in [1.82, 2.24) is 29.9 Å². The lowest BCUT2D eigenvalue weighted by molar-refractivity contribution is -0.117. The normalized spacial score (nSPS) is 21.5. The van der Waals surface area contributed by atoms with E-state index in [1.165, 1.54) is 35.5 Å². The van der Waals surface area contributed by atoms with Gasteiger partial charge in [0.2, 0.25) is 11.9 Å². The molecule has 0 bridgehead atoms. The Bertz CT molecular complexity index is 1430. The van der Waals surface area contributed by atoms with Gasteiger partial charge < -0.3 is 16.0 Å². The molecule has 39 heavy (non-hydrogen) atoms. The van der Waals surface area contributed by atoms with E-state index in [-0.39, 0.29) is 36.5 Å². The van der Waals surface area contributed by atoms with E-state index >= 15 is 0 Å². The first-order valence-electron chi connectivity index (χ1n) is 12.7. The van der Waals surface area contributed by atoms with Crippen LogP contribution in [-0.4, -0.2) is 48.8 Å². The van der Waals surface area contributed by atoms with Gasteiger partial charge in [-0.3, -0.25) is 18.8 Å². The Labute approximate surface area is 224 Å². The van der Waals surface area contributed by atoms with E-state index < -0.39 is 24.2 Å². The molecule has 6 rings (SSSR count). The molecule has 15 heteroatoms. The summed E-state index contributed by atoms with van der Waals surface area (Å²) in [4.78, 5) is 26.8. The molecule has 0 aliphatic heterocycles. The molecule has 1 unspecified atom stereocenters. The number of alkyl halides is 4. The van der Waals surface area contributed by atoms with Gasteiger partial charge in [-0.15, -0.1) is 21.5 Å². The summed E-state index contributed by atoms with van der Waals surface area (Å²) in [6.07, 6.45) is 1.87. The number of halogens is 4. The summed E-state index contributed by atoms with van der Waals surface area (Å²) in [6.45, 7) is -0.138. The smallest absolute Gasteiger partial charge is 0.282 e. The number of nitrogens with zero attached hydrogens (tertiary/aromatic N) is 5. The Morgan fingerprint density at radius 2 is 2.03 bits per heavy atom. The van der Waals surface area contributed by atoms with E-state index in [4.69, 9.17) is 0 Å². The van der Waals surface area contributed by atoms with Gasteiger partial charge >= 0.3 is 0 Å². The molecule has 2 fully saturated rings. The second-order valence-electron chi connectivity index (χ2n) is 10.3. The molecule has 3 N–H and O–H groups in total. The maximum Gasteiger partial charge on any atom is 0.282 e. The fourth-order valence-electron chi connectivity index (χ4n) is 4.91. The first-order valence-corrected chi connectivity index (χ1v) is 13.5. The van der Waals surface area contributed by atoms with Crippen molar-refractivity contribution in [1.29, 1.82) is 0 Å². The molecule has 0 radical (unpaired) electrons. The van der Waals surface area contributed by atoms with Crippen LogP contribution in [0, 0.1) is 11.8 Å². The molecule has 0 saturated heterocycles. The molecule has 2 saturated carbocycles. The van der Waals surface area contributed by atoms with Crippen molar-refractivity contribution in [2.24, 2.45) is 18.9 Å². The van der Waals surface area contributed by atoms with E-state index in [1.54, 1.807) is 4.57 Å². The summed E-state index contributed by atoms with van der Waals surface area (Å²) in [6, 6.07) is 1.06. The highest BCUT2D eigenvalue weighted by Crippen LogP contribution is 2.48. The zero-order valence-electron chi connectivity index (χ0n) is 20.9. The van der Waals surface area contributed by atoms with Gasteiger partial charge in [0.1, 0.15) is 22.8 Å². The molecular formula is C24H26F4N8O2S. The van der Waals surface area contributed by atoms with Crippen molar-refractivity contribution in [2.45, 2.75) is 56.9 Å².